The highest BCUT2D eigenvalue weighted by Gasteiger charge is 2.06. The van der Waals surface area contributed by atoms with Crippen LogP contribution in [-0.4, -0.2) is 10.8 Å². The van der Waals surface area contributed by atoms with Crippen molar-refractivity contribution in [3.8, 4) is 0 Å². The Balaban J connectivity index is 1.97. The molecular weight excluding hydrogens is 257 g/mol. The molecule has 0 saturated heterocycles. The predicted molar refractivity (Wildman–Crippen MR) is 68.1 cm³/mol. The summed E-state index contributed by atoms with van der Waals surface area (Å²) in [7, 11) is 0. The van der Waals surface area contributed by atoms with Crippen LogP contribution < -0.4 is 0 Å². The fourth-order valence-electron chi connectivity index (χ4n) is 1.22. The molecule has 0 fully saturated rings. The van der Waals surface area contributed by atoms with Crippen LogP contribution in [0.2, 0.25) is 0 Å². The number of carbonyl (C=O) groups is 1. The molecule has 0 aliphatic rings. The molecule has 17 heavy (non-hydrogen) atoms. The molecule has 0 spiro atoms. The van der Waals surface area contributed by atoms with Gasteiger partial charge in [0.05, 0.1) is 10.6 Å². The molecule has 88 valence electrons. The summed E-state index contributed by atoms with van der Waals surface area (Å²) in [5.41, 5.74) is 0. The molecule has 2 nitrogen and oxygen atoms in total. The molecule has 1 aromatic heterocycles. The van der Waals surface area contributed by atoms with Gasteiger partial charge in [-0.15, -0.1) is 23.1 Å². The first-order valence-corrected chi connectivity index (χ1v) is 6.79. The molecule has 0 aliphatic heterocycles. The van der Waals surface area contributed by atoms with Gasteiger partial charge in [-0.2, -0.15) is 0 Å². The van der Waals surface area contributed by atoms with Gasteiger partial charge >= 0.3 is 0 Å². The van der Waals surface area contributed by atoms with Crippen molar-refractivity contribution in [3.05, 3.63) is 46.2 Å². The van der Waals surface area contributed by atoms with E-state index in [1.54, 1.807) is 30.1 Å². The van der Waals surface area contributed by atoms with Gasteiger partial charge in [0.15, 0.2) is 5.78 Å². The summed E-state index contributed by atoms with van der Waals surface area (Å²) in [5.74, 6) is 0.506. The van der Waals surface area contributed by atoms with Crippen molar-refractivity contribution < 1.29 is 9.18 Å². The van der Waals surface area contributed by atoms with Gasteiger partial charge < -0.3 is 0 Å². The van der Waals surface area contributed by atoms with E-state index in [-0.39, 0.29) is 11.6 Å². The summed E-state index contributed by atoms with van der Waals surface area (Å²) in [6.45, 7) is 1.53. The highest BCUT2D eigenvalue weighted by molar-refractivity contribution is 7.98. The van der Waals surface area contributed by atoms with E-state index in [9.17, 15) is 9.18 Å². The molecule has 1 heterocycles. The molecule has 0 saturated carbocycles. The van der Waals surface area contributed by atoms with E-state index >= 15 is 0 Å². The van der Waals surface area contributed by atoms with Crippen molar-refractivity contribution in [2.24, 2.45) is 0 Å². The van der Waals surface area contributed by atoms with E-state index in [1.807, 2.05) is 0 Å². The second-order valence-corrected chi connectivity index (χ2v) is 5.58. The van der Waals surface area contributed by atoms with E-state index in [0.29, 0.717) is 10.6 Å². The van der Waals surface area contributed by atoms with E-state index in [0.717, 1.165) is 9.90 Å². The van der Waals surface area contributed by atoms with Crippen LogP contribution in [0.4, 0.5) is 4.39 Å². The number of Topliss-reactive ketones (excluding diaryl/α,β-unsaturated/α-hetero) is 1. The zero-order valence-corrected chi connectivity index (χ0v) is 10.8. The van der Waals surface area contributed by atoms with Gasteiger partial charge in [-0.1, -0.05) is 0 Å². The lowest BCUT2D eigenvalue weighted by molar-refractivity contribution is 0.102. The molecule has 2 rings (SSSR count). The normalized spacial score (nSPS) is 10.5. The first-order valence-electron chi connectivity index (χ1n) is 4.99. The number of benzene rings is 1. The van der Waals surface area contributed by atoms with Gasteiger partial charge in [0, 0.05) is 18.0 Å². The topological polar surface area (TPSA) is 30.0 Å². The highest BCUT2D eigenvalue weighted by atomic mass is 32.2. The zero-order chi connectivity index (χ0) is 12.3. The van der Waals surface area contributed by atoms with E-state index < -0.39 is 0 Å². The summed E-state index contributed by atoms with van der Waals surface area (Å²) in [4.78, 5) is 16.9. The Morgan fingerprint density at radius 2 is 2.12 bits per heavy atom. The summed E-state index contributed by atoms with van der Waals surface area (Å²) >= 11 is 2.99. The average Bonchev–Trinajstić information content (AvgIpc) is 2.77. The fraction of sp³-hybridized carbons (Fsp3) is 0.167. The molecule has 0 amide bonds. The van der Waals surface area contributed by atoms with Gasteiger partial charge in [0.25, 0.3) is 0 Å². The van der Waals surface area contributed by atoms with Crippen LogP contribution in [-0.2, 0) is 5.75 Å². The number of thioether (sulfide) groups is 1. The molecule has 1 aromatic carbocycles. The van der Waals surface area contributed by atoms with E-state index in [4.69, 9.17) is 0 Å². The van der Waals surface area contributed by atoms with Crippen molar-refractivity contribution in [1.82, 2.24) is 4.98 Å². The van der Waals surface area contributed by atoms with E-state index in [1.165, 1.54) is 30.4 Å². The van der Waals surface area contributed by atoms with Gasteiger partial charge in [-0.25, -0.2) is 9.37 Å². The molecule has 0 atom stereocenters. The third-order valence-corrected chi connectivity index (χ3v) is 4.38. The van der Waals surface area contributed by atoms with Crippen LogP contribution in [0.1, 0.15) is 21.6 Å². The summed E-state index contributed by atoms with van der Waals surface area (Å²) in [6, 6.07) is 6.34. The Kier molecular flexibility index (Phi) is 3.91. The lowest BCUT2D eigenvalue weighted by Gasteiger charge is -1.98. The summed E-state index contributed by atoms with van der Waals surface area (Å²) in [5, 5.41) is 0.907. The van der Waals surface area contributed by atoms with Crippen molar-refractivity contribution in [3.63, 3.8) is 0 Å². The minimum atomic E-state index is -0.234. The number of nitrogens with zero attached hydrogens (tertiary/aromatic N) is 1. The van der Waals surface area contributed by atoms with Crippen LogP contribution in [0.15, 0.2) is 35.4 Å². The van der Waals surface area contributed by atoms with Crippen LogP contribution in [0.3, 0.4) is 0 Å². The standard InChI is InChI=1S/C12H10FNOS2/c1-8(15)11-6-14-12(17-11)7-16-10-4-2-9(13)3-5-10/h2-6H,7H2,1H3. The van der Waals surface area contributed by atoms with Gasteiger partial charge in [0.1, 0.15) is 10.8 Å². The number of hydrogen-bond donors (Lipinski definition) is 0. The lowest BCUT2D eigenvalue weighted by atomic mass is 10.4. The number of thiazole rings is 1. The number of hydrogen-bond acceptors (Lipinski definition) is 4. The number of carbonyl (C=O) groups excluding carboxylic acids is 1. The van der Waals surface area contributed by atoms with Crippen LogP contribution >= 0.6 is 23.1 Å². The maximum absolute atomic E-state index is 12.7. The second kappa shape index (κ2) is 5.42. The Hall–Kier alpha value is -1.20. The Morgan fingerprint density at radius 1 is 1.41 bits per heavy atom. The third kappa shape index (κ3) is 3.38. The van der Waals surface area contributed by atoms with Crippen LogP contribution in [0.5, 0.6) is 0 Å². The minimum Gasteiger partial charge on any atom is -0.294 e. The highest BCUT2D eigenvalue weighted by Crippen LogP contribution is 2.25. The molecule has 0 aliphatic carbocycles. The predicted octanol–water partition coefficient (Wildman–Crippen LogP) is 3.78. The first-order chi connectivity index (χ1) is 8.15. The smallest absolute Gasteiger partial charge is 0.171 e. The number of aromatic nitrogens is 1. The molecule has 0 unspecified atom stereocenters. The fourth-order valence-corrected chi connectivity index (χ4v) is 2.93. The maximum atomic E-state index is 12.7. The summed E-state index contributed by atoms with van der Waals surface area (Å²) < 4.78 is 12.7. The van der Waals surface area contributed by atoms with Crippen LogP contribution in [0, 0.1) is 5.82 Å². The number of halogens is 1. The lowest BCUT2D eigenvalue weighted by Crippen LogP contribution is -1.83. The van der Waals surface area contributed by atoms with Gasteiger partial charge in [-0.3, -0.25) is 4.79 Å². The largest absolute Gasteiger partial charge is 0.294 e. The Labute approximate surface area is 107 Å². The van der Waals surface area contributed by atoms with Crippen molar-refractivity contribution in [2.75, 3.05) is 0 Å². The number of ketones is 1. The molecular formula is C12H10FNOS2. The molecule has 5 heteroatoms. The monoisotopic (exact) mass is 267 g/mol. The second-order valence-electron chi connectivity index (χ2n) is 3.42. The SMILES string of the molecule is CC(=O)c1cnc(CSc2ccc(F)cc2)s1. The Morgan fingerprint density at radius 3 is 2.71 bits per heavy atom. The quantitative estimate of drug-likeness (QED) is 0.624. The minimum absolute atomic E-state index is 0.0422. The van der Waals surface area contributed by atoms with Crippen LogP contribution in [0.25, 0.3) is 0 Å². The van der Waals surface area contributed by atoms with Crippen molar-refractivity contribution in [2.45, 2.75) is 17.6 Å². The van der Waals surface area contributed by atoms with Crippen molar-refractivity contribution >= 4 is 28.9 Å². The average molecular weight is 267 g/mol. The molecule has 0 bridgehead atoms. The first kappa shape index (κ1) is 12.3. The van der Waals surface area contributed by atoms with E-state index in [2.05, 4.69) is 4.98 Å². The zero-order valence-electron chi connectivity index (χ0n) is 9.14. The molecule has 2 aromatic rings. The summed E-state index contributed by atoms with van der Waals surface area (Å²) in [6.07, 6.45) is 1.60. The van der Waals surface area contributed by atoms with Gasteiger partial charge in [0.2, 0.25) is 0 Å². The Bertz CT molecular complexity index is 522. The third-order valence-electron chi connectivity index (χ3n) is 2.08. The van der Waals surface area contributed by atoms with Crippen molar-refractivity contribution in [1.29, 1.82) is 0 Å². The molecule has 0 N–H and O–H groups in total. The number of rotatable bonds is 4. The molecule has 0 radical (unpaired) electrons. The maximum Gasteiger partial charge on any atom is 0.171 e. The van der Waals surface area contributed by atoms with Gasteiger partial charge in [-0.05, 0) is 24.3 Å².